The molecule has 0 saturated heterocycles. The van der Waals surface area contributed by atoms with Crippen LogP contribution in [0, 0.1) is 6.07 Å². The maximum absolute atomic E-state index is 3.23. The Morgan fingerprint density at radius 3 is 1.91 bits per heavy atom. The van der Waals surface area contributed by atoms with Gasteiger partial charge in [0.15, 0.2) is 0 Å². The zero-order valence-corrected chi connectivity index (χ0v) is 14.7. The topological polar surface area (TPSA) is 0 Å². The molecule has 1 rings (SSSR count). The van der Waals surface area contributed by atoms with Crippen LogP contribution in [0.5, 0.6) is 0 Å². The molecule has 0 unspecified atom stereocenters. The van der Waals surface area contributed by atoms with E-state index in [1.54, 1.807) is 0 Å². The second kappa shape index (κ2) is 14.9. The minimum Gasteiger partial charge on any atom is -0.0839 e. The molecule has 0 spiro atoms. The summed E-state index contributed by atoms with van der Waals surface area (Å²) in [5.74, 6) is 0. The van der Waals surface area contributed by atoms with Crippen LogP contribution in [-0.4, -0.2) is 0 Å². The summed E-state index contributed by atoms with van der Waals surface area (Å²) in [5, 5.41) is 0. The molecule has 0 N–H and O–H groups in total. The molecule has 0 heteroatoms. The molecule has 1 radical (unpaired) electrons. The van der Waals surface area contributed by atoms with E-state index < -0.39 is 0 Å². The highest BCUT2D eigenvalue weighted by Crippen LogP contribution is 2.12. The summed E-state index contributed by atoms with van der Waals surface area (Å²) in [6.07, 6.45) is 22.8. The predicted molar refractivity (Wildman–Crippen MR) is 100 cm³/mol. The predicted octanol–water partition coefficient (Wildman–Crippen LogP) is 7.59. The lowest BCUT2D eigenvalue weighted by atomic mass is 10.0. The molecule has 0 amide bonds. The molecule has 0 nitrogen and oxygen atoms in total. The van der Waals surface area contributed by atoms with Gasteiger partial charge in [-0.25, -0.2) is 0 Å². The Morgan fingerprint density at radius 1 is 0.773 bits per heavy atom. The quantitative estimate of drug-likeness (QED) is 0.310. The Morgan fingerprint density at radius 2 is 1.36 bits per heavy atom. The number of unbranched alkanes of at least 4 members (excludes halogenated alkanes) is 12. The molecule has 0 aliphatic rings. The average Bonchev–Trinajstić information content (AvgIpc) is 2.56. The van der Waals surface area contributed by atoms with Crippen molar-refractivity contribution < 1.29 is 0 Å². The summed E-state index contributed by atoms with van der Waals surface area (Å²) in [5.41, 5.74) is 1.20. The van der Waals surface area contributed by atoms with Crippen molar-refractivity contribution in [2.75, 3.05) is 0 Å². The van der Waals surface area contributed by atoms with Crippen molar-refractivity contribution in [2.24, 2.45) is 0 Å². The van der Waals surface area contributed by atoms with Crippen molar-refractivity contribution in [3.05, 3.63) is 42.0 Å². The average molecular weight is 300 g/mol. The maximum atomic E-state index is 3.23. The van der Waals surface area contributed by atoms with E-state index in [0.717, 1.165) is 0 Å². The molecule has 0 aliphatic heterocycles. The van der Waals surface area contributed by atoms with Crippen molar-refractivity contribution in [1.29, 1.82) is 0 Å². The maximum Gasteiger partial charge on any atom is -0.0106 e. The summed E-state index contributed by atoms with van der Waals surface area (Å²) in [6, 6.07) is 11.4. The fourth-order valence-electron chi connectivity index (χ4n) is 2.82. The van der Waals surface area contributed by atoms with Gasteiger partial charge in [0.25, 0.3) is 0 Å². The number of rotatable bonds is 14. The van der Waals surface area contributed by atoms with Gasteiger partial charge in [-0.1, -0.05) is 114 Å². The van der Waals surface area contributed by atoms with E-state index in [0.29, 0.717) is 0 Å². The minimum absolute atomic E-state index is 1.20. The van der Waals surface area contributed by atoms with Crippen LogP contribution >= 0.6 is 0 Å². The Hall–Kier alpha value is -1.04. The molecule has 0 atom stereocenters. The van der Waals surface area contributed by atoms with Gasteiger partial charge in [-0.2, -0.15) is 0 Å². The van der Waals surface area contributed by atoms with Gasteiger partial charge in [-0.05, 0) is 24.5 Å². The van der Waals surface area contributed by atoms with E-state index in [1.807, 2.05) is 12.1 Å². The number of hydrogen-bond donors (Lipinski definition) is 0. The van der Waals surface area contributed by atoms with Crippen LogP contribution in [-0.2, 0) is 0 Å². The third kappa shape index (κ3) is 11.6. The van der Waals surface area contributed by atoms with Crippen LogP contribution in [0.15, 0.2) is 30.3 Å². The molecule has 0 fully saturated rings. The van der Waals surface area contributed by atoms with Gasteiger partial charge in [0.2, 0.25) is 0 Å². The lowest BCUT2D eigenvalue weighted by molar-refractivity contribution is 0.545. The van der Waals surface area contributed by atoms with E-state index in [1.165, 1.54) is 89.0 Å². The van der Waals surface area contributed by atoms with Gasteiger partial charge in [-0.3, -0.25) is 0 Å². The first-order valence-corrected chi connectivity index (χ1v) is 9.56. The SMILES string of the molecule is CCCCCCCCCCCCCC/C=C/c1[c]cccc1. The highest BCUT2D eigenvalue weighted by atomic mass is 14.0. The first-order chi connectivity index (χ1) is 10.9. The molecule has 1 aromatic rings. The summed E-state index contributed by atoms with van der Waals surface area (Å²) in [4.78, 5) is 0. The van der Waals surface area contributed by atoms with Crippen LogP contribution in [0.2, 0.25) is 0 Å². The smallest absolute Gasteiger partial charge is 0.0106 e. The van der Waals surface area contributed by atoms with Crippen molar-refractivity contribution >= 4 is 6.08 Å². The normalized spacial score (nSPS) is 11.3. The van der Waals surface area contributed by atoms with Crippen LogP contribution in [0.3, 0.4) is 0 Å². The Kier molecular flexibility index (Phi) is 12.9. The molecule has 0 bridgehead atoms. The zero-order valence-electron chi connectivity index (χ0n) is 14.7. The highest BCUT2D eigenvalue weighted by Gasteiger charge is 1.93. The largest absolute Gasteiger partial charge is 0.0839 e. The number of hydrogen-bond acceptors (Lipinski definition) is 0. The van der Waals surface area contributed by atoms with E-state index >= 15 is 0 Å². The standard InChI is InChI=1S/C22H35/c1-2-3-4-5-6-7-8-9-10-11-12-13-14-16-19-22-20-17-15-18-21-22/h15-20H,2-14H2,1H3/b19-16+. The van der Waals surface area contributed by atoms with Gasteiger partial charge in [0.05, 0.1) is 0 Å². The molecular formula is C22H35. The van der Waals surface area contributed by atoms with Crippen molar-refractivity contribution in [1.82, 2.24) is 0 Å². The zero-order chi connectivity index (χ0) is 15.7. The fraction of sp³-hybridized carbons (Fsp3) is 0.636. The van der Waals surface area contributed by atoms with E-state index in [-0.39, 0.29) is 0 Å². The van der Waals surface area contributed by atoms with E-state index in [9.17, 15) is 0 Å². The number of allylic oxidation sites excluding steroid dienone is 1. The molecule has 123 valence electrons. The minimum atomic E-state index is 1.20. The van der Waals surface area contributed by atoms with Gasteiger partial charge in [0, 0.05) is 0 Å². The summed E-state index contributed by atoms with van der Waals surface area (Å²) in [6.45, 7) is 2.29. The summed E-state index contributed by atoms with van der Waals surface area (Å²) in [7, 11) is 0. The summed E-state index contributed by atoms with van der Waals surface area (Å²) < 4.78 is 0. The molecule has 0 saturated carbocycles. The van der Waals surface area contributed by atoms with Gasteiger partial charge >= 0.3 is 0 Å². The Bertz CT molecular complexity index is 350. The first kappa shape index (κ1) is 19.0. The highest BCUT2D eigenvalue weighted by molar-refractivity contribution is 5.47. The third-order valence-electron chi connectivity index (χ3n) is 4.25. The van der Waals surface area contributed by atoms with Crippen molar-refractivity contribution in [3.8, 4) is 0 Å². The Balaban J connectivity index is 1.79. The van der Waals surface area contributed by atoms with Crippen LogP contribution in [0.4, 0.5) is 0 Å². The molecular weight excluding hydrogens is 264 g/mol. The summed E-state index contributed by atoms with van der Waals surface area (Å²) >= 11 is 0. The molecule has 0 aliphatic carbocycles. The monoisotopic (exact) mass is 299 g/mol. The lowest BCUT2D eigenvalue weighted by Gasteiger charge is -2.02. The van der Waals surface area contributed by atoms with E-state index in [4.69, 9.17) is 0 Å². The first-order valence-electron chi connectivity index (χ1n) is 9.56. The van der Waals surface area contributed by atoms with E-state index in [2.05, 4.69) is 37.3 Å². The molecule has 22 heavy (non-hydrogen) atoms. The number of benzene rings is 1. The Labute approximate surface area is 139 Å². The van der Waals surface area contributed by atoms with Crippen LogP contribution < -0.4 is 0 Å². The third-order valence-corrected chi connectivity index (χ3v) is 4.25. The lowest BCUT2D eigenvalue weighted by Crippen LogP contribution is -1.82. The second-order valence-electron chi connectivity index (χ2n) is 6.40. The second-order valence-corrected chi connectivity index (χ2v) is 6.40. The van der Waals surface area contributed by atoms with Crippen LogP contribution in [0.1, 0.15) is 96.0 Å². The van der Waals surface area contributed by atoms with Gasteiger partial charge < -0.3 is 0 Å². The van der Waals surface area contributed by atoms with Gasteiger partial charge in [0.1, 0.15) is 0 Å². The van der Waals surface area contributed by atoms with Gasteiger partial charge in [-0.15, -0.1) is 0 Å². The van der Waals surface area contributed by atoms with Crippen LogP contribution in [0.25, 0.3) is 6.08 Å². The molecule has 0 heterocycles. The fourth-order valence-corrected chi connectivity index (χ4v) is 2.82. The molecule has 1 aromatic carbocycles. The van der Waals surface area contributed by atoms with Crippen molar-refractivity contribution in [3.63, 3.8) is 0 Å². The van der Waals surface area contributed by atoms with Crippen molar-refractivity contribution in [2.45, 2.75) is 90.4 Å². The molecule has 0 aromatic heterocycles.